The maximum absolute atomic E-state index is 7.10. The van der Waals surface area contributed by atoms with E-state index in [0.717, 1.165) is 78.4 Å². The van der Waals surface area contributed by atoms with Gasteiger partial charge in [0.1, 0.15) is 17.2 Å². The molecule has 0 atom stereocenters. The topological polar surface area (TPSA) is 33.2 Å². The molecule has 0 saturated carbocycles. The highest BCUT2D eigenvalue weighted by Crippen LogP contribution is 2.43. The third-order valence-corrected chi connectivity index (χ3v) is 12.9. The zero-order valence-corrected chi connectivity index (χ0v) is 32.2. The lowest BCUT2D eigenvalue weighted by Crippen LogP contribution is -2.53. The minimum atomic E-state index is -0.318. The first-order valence-corrected chi connectivity index (χ1v) is 20.5. The van der Waals surface area contributed by atoms with Gasteiger partial charge < -0.3 is 23.1 Å². The van der Waals surface area contributed by atoms with Crippen LogP contribution in [0.3, 0.4) is 0 Å². The molecule has 0 bridgehead atoms. The van der Waals surface area contributed by atoms with Crippen LogP contribution in [0.25, 0.3) is 93.6 Å². The van der Waals surface area contributed by atoms with Gasteiger partial charge in [-0.3, -0.25) is 0 Å². The van der Waals surface area contributed by atoms with Crippen LogP contribution in [0.1, 0.15) is 0 Å². The van der Waals surface area contributed by atoms with E-state index in [9.17, 15) is 0 Å². The predicted molar refractivity (Wildman–Crippen MR) is 247 cm³/mol. The summed E-state index contributed by atoms with van der Waals surface area (Å²) in [5, 5.41) is 7.36. The van der Waals surface area contributed by atoms with Crippen molar-refractivity contribution in [2.24, 2.45) is 0 Å². The van der Waals surface area contributed by atoms with Crippen molar-refractivity contribution in [3.8, 4) is 45.4 Å². The van der Waals surface area contributed by atoms with Crippen LogP contribution in [0.4, 0.5) is 0 Å². The summed E-state index contributed by atoms with van der Waals surface area (Å²) in [6, 6.07) is 69.8. The van der Waals surface area contributed by atoms with Gasteiger partial charge in [-0.15, -0.1) is 0 Å². The summed E-state index contributed by atoms with van der Waals surface area (Å²) in [6.45, 7) is -0.318. The lowest BCUT2D eigenvalue weighted by Gasteiger charge is -2.33. The summed E-state index contributed by atoms with van der Waals surface area (Å²) in [5.41, 5.74) is 14.5. The second-order valence-corrected chi connectivity index (χ2v) is 16.0. The van der Waals surface area contributed by atoms with Crippen molar-refractivity contribution in [1.29, 1.82) is 0 Å². The van der Waals surface area contributed by atoms with Gasteiger partial charge in [-0.1, -0.05) is 115 Å². The molecule has 2 aliphatic rings. The van der Waals surface area contributed by atoms with Crippen molar-refractivity contribution in [2.45, 2.75) is 0 Å². The van der Waals surface area contributed by atoms with Crippen LogP contribution in [-0.4, -0.2) is 20.6 Å². The zero-order valence-electron chi connectivity index (χ0n) is 32.2. The molecule has 5 heterocycles. The monoisotopic (exact) mass is 765 g/mol. The third-order valence-electron chi connectivity index (χ3n) is 12.9. The van der Waals surface area contributed by atoms with Crippen molar-refractivity contribution >= 4 is 83.3 Å². The fourth-order valence-corrected chi connectivity index (χ4v) is 10.4. The summed E-state index contributed by atoms with van der Waals surface area (Å²) in [4.78, 5) is 0. The van der Waals surface area contributed by atoms with Gasteiger partial charge >= 0.3 is 6.92 Å². The highest BCUT2D eigenvalue weighted by Gasteiger charge is 2.41. The third kappa shape index (κ3) is 4.26. The molecule has 2 aliphatic heterocycles. The van der Waals surface area contributed by atoms with Gasteiger partial charge in [-0.2, -0.15) is 0 Å². The molecule has 0 saturated heterocycles. The van der Waals surface area contributed by atoms with Crippen molar-refractivity contribution in [3.05, 3.63) is 194 Å². The van der Waals surface area contributed by atoms with Crippen LogP contribution >= 0.6 is 0 Å². The number of para-hydroxylation sites is 6. The van der Waals surface area contributed by atoms with Crippen molar-refractivity contribution in [3.63, 3.8) is 0 Å². The SMILES string of the molecule is c1ccc2c(c1)OB1c3ccc(-n4c5ccccc5c5ccccc54)cc3Oc3cc(-n4c5ccccc5c5cc(-n6c7ccccc7c7ccccc76)ccc54)cc-2c31. The maximum Gasteiger partial charge on any atom is 0.434 e. The van der Waals surface area contributed by atoms with E-state index in [2.05, 4.69) is 208 Å². The molecular weight excluding hydrogens is 733 g/mol. The molecule has 0 amide bonds. The van der Waals surface area contributed by atoms with E-state index in [4.69, 9.17) is 9.39 Å². The fourth-order valence-electron chi connectivity index (χ4n) is 10.4. The Bertz CT molecular complexity index is 3710. The van der Waals surface area contributed by atoms with Gasteiger partial charge in [0.15, 0.2) is 0 Å². The highest BCUT2D eigenvalue weighted by atomic mass is 16.5. The molecule has 9 aromatic carbocycles. The second-order valence-electron chi connectivity index (χ2n) is 16.0. The molecule has 0 fully saturated rings. The van der Waals surface area contributed by atoms with E-state index in [1.165, 1.54) is 43.4 Å². The van der Waals surface area contributed by atoms with E-state index in [-0.39, 0.29) is 6.92 Å². The highest BCUT2D eigenvalue weighted by molar-refractivity contribution is 6.84. The van der Waals surface area contributed by atoms with Crippen molar-refractivity contribution in [1.82, 2.24) is 13.7 Å². The Kier molecular flexibility index (Phi) is 6.31. The molecule has 3 aromatic heterocycles. The molecule has 12 aromatic rings. The smallest absolute Gasteiger partial charge is 0.434 e. The first-order valence-electron chi connectivity index (χ1n) is 20.5. The average molecular weight is 766 g/mol. The molecule has 0 radical (unpaired) electrons. The largest absolute Gasteiger partial charge is 0.551 e. The molecule has 0 spiro atoms. The minimum absolute atomic E-state index is 0.318. The van der Waals surface area contributed by atoms with Gasteiger partial charge in [0, 0.05) is 72.3 Å². The average Bonchev–Trinajstić information content (AvgIpc) is 3.94. The van der Waals surface area contributed by atoms with E-state index < -0.39 is 0 Å². The van der Waals surface area contributed by atoms with Crippen molar-refractivity contribution in [2.75, 3.05) is 0 Å². The number of fused-ring (bicyclic) bond motifs is 13. The standard InChI is InChI=1S/C54H32BN3O2/c1-7-19-45-36(13-1)37-14-2-8-20-46(37)56(45)33-26-28-50-42(29-33)40-17-5-11-23-49(40)58(50)35-30-43-41-18-6-12-24-51(41)60-55-44-27-25-34(31-52(44)59-53(32-35)54(43)55)57-47-21-9-3-15-38(47)39-16-4-10-22-48(39)57/h1-32H. The predicted octanol–water partition coefficient (Wildman–Crippen LogP) is 12.2. The van der Waals surface area contributed by atoms with Gasteiger partial charge in [0.05, 0.1) is 38.8 Å². The van der Waals surface area contributed by atoms with Crippen LogP contribution in [0.5, 0.6) is 17.2 Å². The molecule has 14 rings (SSSR count). The maximum atomic E-state index is 7.10. The molecule has 5 nitrogen and oxygen atoms in total. The lowest BCUT2D eigenvalue weighted by atomic mass is 9.51. The number of ether oxygens (including phenoxy) is 1. The number of aromatic nitrogens is 3. The summed E-state index contributed by atoms with van der Waals surface area (Å²) in [5.74, 6) is 2.48. The Balaban J connectivity index is 0.981. The van der Waals surface area contributed by atoms with Crippen molar-refractivity contribution < 1.29 is 9.39 Å². The van der Waals surface area contributed by atoms with E-state index in [1.807, 2.05) is 0 Å². The Morgan fingerprint density at radius 3 is 1.37 bits per heavy atom. The summed E-state index contributed by atoms with van der Waals surface area (Å²) >= 11 is 0. The van der Waals surface area contributed by atoms with Gasteiger partial charge in [0.2, 0.25) is 0 Å². The Labute approximate surface area is 344 Å². The summed E-state index contributed by atoms with van der Waals surface area (Å²) < 4.78 is 21.2. The molecule has 0 aliphatic carbocycles. The van der Waals surface area contributed by atoms with Crippen LogP contribution in [0, 0.1) is 0 Å². The second kappa shape index (κ2) is 11.8. The minimum Gasteiger partial charge on any atom is -0.551 e. The number of benzene rings is 9. The zero-order chi connectivity index (χ0) is 39.1. The normalized spacial score (nSPS) is 12.9. The van der Waals surface area contributed by atoms with E-state index in [1.54, 1.807) is 0 Å². The summed E-state index contributed by atoms with van der Waals surface area (Å²) in [6.07, 6.45) is 0. The number of rotatable bonds is 3. The Morgan fingerprint density at radius 2 is 0.767 bits per heavy atom. The van der Waals surface area contributed by atoms with Crippen LogP contribution in [0.2, 0.25) is 0 Å². The molecular formula is C54H32BN3O2. The van der Waals surface area contributed by atoms with E-state index >= 15 is 0 Å². The Hall–Kier alpha value is -7.96. The van der Waals surface area contributed by atoms with Crippen LogP contribution < -0.4 is 20.3 Å². The van der Waals surface area contributed by atoms with Gasteiger partial charge in [-0.25, -0.2) is 0 Å². The number of hydrogen-bond acceptors (Lipinski definition) is 2. The molecule has 6 heteroatoms. The van der Waals surface area contributed by atoms with Gasteiger partial charge in [0.25, 0.3) is 0 Å². The molecule has 60 heavy (non-hydrogen) atoms. The first-order chi connectivity index (χ1) is 29.8. The van der Waals surface area contributed by atoms with Crippen LogP contribution in [-0.2, 0) is 0 Å². The summed E-state index contributed by atoms with van der Waals surface area (Å²) in [7, 11) is 0. The quantitative estimate of drug-likeness (QED) is 0.168. The number of hydrogen-bond donors (Lipinski definition) is 0. The molecule has 0 N–H and O–H groups in total. The molecule has 0 unspecified atom stereocenters. The first kappa shape index (κ1) is 32.1. The Morgan fingerprint density at radius 1 is 0.317 bits per heavy atom. The lowest BCUT2D eigenvalue weighted by molar-refractivity contribution is 0.479. The van der Waals surface area contributed by atoms with E-state index in [0.29, 0.717) is 0 Å². The fraction of sp³-hybridized carbons (Fsp3) is 0. The number of nitrogens with zero attached hydrogens (tertiary/aromatic N) is 3. The molecule has 278 valence electrons. The van der Waals surface area contributed by atoms with Crippen LogP contribution in [0.15, 0.2) is 194 Å². The van der Waals surface area contributed by atoms with Gasteiger partial charge in [-0.05, 0) is 72.3 Å².